The van der Waals surface area contributed by atoms with Crippen LogP contribution < -0.4 is 5.32 Å². The SMILES string of the molecule is COCCNCc1cc(C)nc(Cc2csc(C)n2)n1. The molecule has 5 nitrogen and oxygen atoms in total. The lowest BCUT2D eigenvalue weighted by Crippen LogP contribution is -2.20. The molecule has 20 heavy (non-hydrogen) atoms. The summed E-state index contributed by atoms with van der Waals surface area (Å²) in [6.07, 6.45) is 0.692. The number of nitrogens with one attached hydrogen (secondary N) is 1. The van der Waals surface area contributed by atoms with E-state index in [1.165, 1.54) is 0 Å². The van der Waals surface area contributed by atoms with Crippen LogP contribution in [0.4, 0.5) is 0 Å². The molecule has 1 N–H and O–H groups in total. The van der Waals surface area contributed by atoms with Gasteiger partial charge in [0.2, 0.25) is 0 Å². The Hall–Kier alpha value is -1.37. The van der Waals surface area contributed by atoms with Crippen LogP contribution in [0.5, 0.6) is 0 Å². The van der Waals surface area contributed by atoms with Gasteiger partial charge in [0, 0.05) is 31.3 Å². The predicted molar refractivity (Wildman–Crippen MR) is 80.0 cm³/mol. The lowest BCUT2D eigenvalue weighted by Gasteiger charge is -2.06. The molecular weight excluding hydrogens is 272 g/mol. The van der Waals surface area contributed by atoms with Crippen molar-refractivity contribution in [2.45, 2.75) is 26.8 Å². The summed E-state index contributed by atoms with van der Waals surface area (Å²) in [5.41, 5.74) is 3.04. The predicted octanol–water partition coefficient (Wildman–Crippen LogP) is 1.88. The molecule has 2 heterocycles. The number of ether oxygens (including phenoxy) is 1. The van der Waals surface area contributed by atoms with Crippen LogP contribution in [0.1, 0.15) is 27.9 Å². The van der Waals surface area contributed by atoms with Gasteiger partial charge < -0.3 is 10.1 Å². The monoisotopic (exact) mass is 292 g/mol. The molecule has 0 amide bonds. The topological polar surface area (TPSA) is 59.9 Å². The van der Waals surface area contributed by atoms with E-state index in [4.69, 9.17) is 4.74 Å². The molecular formula is C14H20N4OS. The van der Waals surface area contributed by atoms with E-state index in [1.807, 2.05) is 19.9 Å². The minimum atomic E-state index is 0.692. The molecule has 2 aromatic heterocycles. The van der Waals surface area contributed by atoms with Crippen LogP contribution in [0, 0.1) is 13.8 Å². The number of methoxy groups -OCH3 is 1. The molecule has 0 bridgehead atoms. The van der Waals surface area contributed by atoms with Crippen LogP contribution in [0.25, 0.3) is 0 Å². The quantitative estimate of drug-likeness (QED) is 0.790. The Kier molecular flexibility index (Phi) is 5.58. The first kappa shape index (κ1) is 15.0. The smallest absolute Gasteiger partial charge is 0.134 e. The Balaban J connectivity index is 2.00. The summed E-state index contributed by atoms with van der Waals surface area (Å²) in [7, 11) is 1.70. The molecule has 0 aliphatic rings. The zero-order valence-corrected chi connectivity index (χ0v) is 13.0. The van der Waals surface area contributed by atoms with Crippen molar-refractivity contribution in [2.24, 2.45) is 0 Å². The van der Waals surface area contributed by atoms with Gasteiger partial charge in [0.15, 0.2) is 0 Å². The van der Waals surface area contributed by atoms with E-state index in [9.17, 15) is 0 Å². The molecule has 0 aromatic carbocycles. The van der Waals surface area contributed by atoms with E-state index in [0.717, 1.165) is 41.0 Å². The van der Waals surface area contributed by atoms with Crippen LogP contribution in [0.2, 0.25) is 0 Å². The van der Waals surface area contributed by atoms with Crippen molar-refractivity contribution in [3.05, 3.63) is 39.4 Å². The molecule has 108 valence electrons. The Bertz CT molecular complexity index is 556. The van der Waals surface area contributed by atoms with Gasteiger partial charge in [-0.05, 0) is 19.9 Å². The Morgan fingerprint density at radius 3 is 2.75 bits per heavy atom. The van der Waals surface area contributed by atoms with Gasteiger partial charge in [-0.2, -0.15) is 0 Å². The van der Waals surface area contributed by atoms with Crippen molar-refractivity contribution in [2.75, 3.05) is 20.3 Å². The van der Waals surface area contributed by atoms with E-state index in [1.54, 1.807) is 18.4 Å². The highest BCUT2D eigenvalue weighted by Crippen LogP contribution is 2.11. The average Bonchev–Trinajstić information content (AvgIpc) is 2.79. The zero-order valence-electron chi connectivity index (χ0n) is 12.1. The minimum absolute atomic E-state index is 0.692. The molecule has 0 spiro atoms. The van der Waals surface area contributed by atoms with E-state index >= 15 is 0 Å². The van der Waals surface area contributed by atoms with Crippen molar-refractivity contribution in [1.29, 1.82) is 0 Å². The number of aromatic nitrogens is 3. The standard InChI is InChI=1S/C14H20N4OS/c1-10-6-12(8-15-4-5-19-3)18-14(16-10)7-13-9-20-11(2)17-13/h6,9,15H,4-5,7-8H2,1-3H3. The highest BCUT2D eigenvalue weighted by atomic mass is 32.1. The highest BCUT2D eigenvalue weighted by molar-refractivity contribution is 7.09. The average molecular weight is 292 g/mol. The second-order valence-corrected chi connectivity index (χ2v) is 5.68. The van der Waals surface area contributed by atoms with Crippen molar-refractivity contribution in [3.63, 3.8) is 0 Å². The lowest BCUT2D eigenvalue weighted by molar-refractivity contribution is 0.199. The summed E-state index contributed by atoms with van der Waals surface area (Å²) in [5.74, 6) is 0.832. The van der Waals surface area contributed by atoms with Crippen LogP contribution in [-0.4, -0.2) is 35.2 Å². The summed E-state index contributed by atoms with van der Waals surface area (Å²) >= 11 is 1.66. The van der Waals surface area contributed by atoms with E-state index in [0.29, 0.717) is 13.0 Å². The third-order valence-electron chi connectivity index (χ3n) is 2.75. The molecule has 6 heteroatoms. The summed E-state index contributed by atoms with van der Waals surface area (Å²) in [5, 5.41) is 6.44. The van der Waals surface area contributed by atoms with Gasteiger partial charge in [0.05, 0.1) is 29.4 Å². The molecule has 0 radical (unpaired) electrons. The van der Waals surface area contributed by atoms with Gasteiger partial charge in [-0.15, -0.1) is 11.3 Å². The van der Waals surface area contributed by atoms with Crippen LogP contribution in [0.3, 0.4) is 0 Å². The molecule has 0 saturated carbocycles. The Labute approximate surface area is 123 Å². The van der Waals surface area contributed by atoms with Crippen LogP contribution >= 0.6 is 11.3 Å². The molecule has 0 fully saturated rings. The first-order valence-electron chi connectivity index (χ1n) is 6.61. The van der Waals surface area contributed by atoms with E-state index in [-0.39, 0.29) is 0 Å². The third kappa shape index (κ3) is 4.63. The fourth-order valence-corrected chi connectivity index (χ4v) is 2.52. The van der Waals surface area contributed by atoms with Gasteiger partial charge in [0.1, 0.15) is 5.82 Å². The van der Waals surface area contributed by atoms with Crippen molar-refractivity contribution in [3.8, 4) is 0 Å². The third-order valence-corrected chi connectivity index (χ3v) is 3.57. The minimum Gasteiger partial charge on any atom is -0.383 e. The zero-order chi connectivity index (χ0) is 14.4. The second-order valence-electron chi connectivity index (χ2n) is 4.62. The number of rotatable bonds is 7. The van der Waals surface area contributed by atoms with Crippen molar-refractivity contribution >= 4 is 11.3 Å². The Morgan fingerprint density at radius 1 is 1.20 bits per heavy atom. The fourth-order valence-electron chi connectivity index (χ4n) is 1.91. The largest absolute Gasteiger partial charge is 0.383 e. The number of aryl methyl sites for hydroxylation is 2. The molecule has 2 rings (SSSR count). The first-order chi connectivity index (χ1) is 9.67. The second kappa shape index (κ2) is 7.42. The number of hydrogen-bond donors (Lipinski definition) is 1. The maximum Gasteiger partial charge on any atom is 0.134 e. The number of hydrogen-bond acceptors (Lipinski definition) is 6. The first-order valence-corrected chi connectivity index (χ1v) is 7.49. The summed E-state index contributed by atoms with van der Waals surface area (Å²) in [6, 6.07) is 2.01. The molecule has 0 aliphatic heterocycles. The normalized spacial score (nSPS) is 10.9. The lowest BCUT2D eigenvalue weighted by atomic mass is 10.2. The number of thiazole rings is 1. The molecule has 0 aliphatic carbocycles. The van der Waals surface area contributed by atoms with Gasteiger partial charge >= 0.3 is 0 Å². The molecule has 0 atom stereocenters. The van der Waals surface area contributed by atoms with Crippen LogP contribution in [0.15, 0.2) is 11.4 Å². The van der Waals surface area contributed by atoms with Gasteiger partial charge in [0.25, 0.3) is 0 Å². The molecule has 2 aromatic rings. The maximum absolute atomic E-state index is 5.01. The molecule has 0 unspecified atom stereocenters. The molecule has 0 saturated heterocycles. The summed E-state index contributed by atoms with van der Waals surface area (Å²) < 4.78 is 5.01. The fraction of sp³-hybridized carbons (Fsp3) is 0.500. The van der Waals surface area contributed by atoms with Crippen molar-refractivity contribution < 1.29 is 4.74 Å². The van der Waals surface area contributed by atoms with E-state index in [2.05, 4.69) is 25.6 Å². The van der Waals surface area contributed by atoms with Gasteiger partial charge in [-0.25, -0.2) is 15.0 Å². The summed E-state index contributed by atoms with van der Waals surface area (Å²) in [6.45, 7) is 6.26. The van der Waals surface area contributed by atoms with Gasteiger partial charge in [-0.1, -0.05) is 0 Å². The number of nitrogens with zero attached hydrogens (tertiary/aromatic N) is 3. The Morgan fingerprint density at radius 2 is 2.05 bits per heavy atom. The maximum atomic E-state index is 5.01. The van der Waals surface area contributed by atoms with Crippen molar-refractivity contribution in [1.82, 2.24) is 20.3 Å². The summed E-state index contributed by atoms with van der Waals surface area (Å²) in [4.78, 5) is 13.5. The van der Waals surface area contributed by atoms with E-state index < -0.39 is 0 Å². The van der Waals surface area contributed by atoms with Gasteiger partial charge in [-0.3, -0.25) is 0 Å². The highest BCUT2D eigenvalue weighted by Gasteiger charge is 2.06. The van der Waals surface area contributed by atoms with Crippen LogP contribution in [-0.2, 0) is 17.7 Å².